The SMILES string of the molecule is CC(C)(Cc1c2c(cc3c1OCC3)OCC2)C(=O)O. The predicted octanol–water partition coefficient (Wildman–Crippen LogP) is 2.21. The highest BCUT2D eigenvalue weighted by molar-refractivity contribution is 5.74. The molecule has 0 radical (unpaired) electrons. The molecule has 0 aliphatic carbocycles. The van der Waals surface area contributed by atoms with Crippen molar-refractivity contribution in [1.29, 1.82) is 0 Å². The number of ether oxygens (including phenoxy) is 2. The molecule has 2 heterocycles. The minimum Gasteiger partial charge on any atom is -0.493 e. The molecule has 0 unspecified atom stereocenters. The highest BCUT2D eigenvalue weighted by Crippen LogP contribution is 2.43. The summed E-state index contributed by atoms with van der Waals surface area (Å²) in [6.45, 7) is 4.87. The molecule has 1 aromatic rings. The molecule has 19 heavy (non-hydrogen) atoms. The first-order valence-corrected chi connectivity index (χ1v) is 6.65. The van der Waals surface area contributed by atoms with Gasteiger partial charge in [0.2, 0.25) is 0 Å². The number of aliphatic carboxylic acids is 1. The molecular formula is C15H18O4. The fourth-order valence-corrected chi connectivity index (χ4v) is 2.79. The van der Waals surface area contributed by atoms with E-state index in [1.165, 1.54) is 0 Å². The van der Waals surface area contributed by atoms with Crippen LogP contribution in [0.5, 0.6) is 11.5 Å². The van der Waals surface area contributed by atoms with Crippen LogP contribution in [0.1, 0.15) is 30.5 Å². The first kappa shape index (κ1) is 12.3. The van der Waals surface area contributed by atoms with Crippen LogP contribution in [0.15, 0.2) is 6.07 Å². The van der Waals surface area contributed by atoms with Gasteiger partial charge in [-0.15, -0.1) is 0 Å². The molecule has 0 atom stereocenters. The molecule has 1 aromatic carbocycles. The van der Waals surface area contributed by atoms with Gasteiger partial charge in [-0.2, -0.15) is 0 Å². The van der Waals surface area contributed by atoms with E-state index in [4.69, 9.17) is 9.47 Å². The molecule has 0 aromatic heterocycles. The minimum absolute atomic E-state index is 0.483. The average molecular weight is 262 g/mol. The van der Waals surface area contributed by atoms with E-state index in [1.807, 2.05) is 0 Å². The Morgan fingerprint density at radius 1 is 1.32 bits per heavy atom. The molecule has 2 aliphatic rings. The monoisotopic (exact) mass is 262 g/mol. The van der Waals surface area contributed by atoms with Crippen LogP contribution >= 0.6 is 0 Å². The zero-order chi connectivity index (χ0) is 13.6. The molecule has 0 bridgehead atoms. The molecule has 1 N–H and O–H groups in total. The van der Waals surface area contributed by atoms with Crippen molar-refractivity contribution in [2.24, 2.45) is 5.41 Å². The van der Waals surface area contributed by atoms with Crippen LogP contribution < -0.4 is 9.47 Å². The summed E-state index contributed by atoms with van der Waals surface area (Å²) in [4.78, 5) is 11.4. The number of carbonyl (C=O) groups is 1. The molecule has 102 valence electrons. The molecule has 3 rings (SSSR count). The molecule has 4 nitrogen and oxygen atoms in total. The summed E-state index contributed by atoms with van der Waals surface area (Å²) >= 11 is 0. The minimum atomic E-state index is -0.794. The zero-order valence-corrected chi connectivity index (χ0v) is 11.3. The van der Waals surface area contributed by atoms with Gasteiger partial charge in [0.25, 0.3) is 0 Å². The van der Waals surface area contributed by atoms with Crippen molar-refractivity contribution in [2.75, 3.05) is 13.2 Å². The first-order valence-electron chi connectivity index (χ1n) is 6.65. The molecule has 0 fully saturated rings. The highest BCUT2D eigenvalue weighted by Gasteiger charge is 2.34. The van der Waals surface area contributed by atoms with E-state index in [0.717, 1.165) is 41.0 Å². The molecular weight excluding hydrogens is 244 g/mol. The van der Waals surface area contributed by atoms with Gasteiger partial charge in [0.1, 0.15) is 11.5 Å². The van der Waals surface area contributed by atoms with Gasteiger partial charge < -0.3 is 14.6 Å². The fourth-order valence-electron chi connectivity index (χ4n) is 2.79. The molecule has 4 heteroatoms. The third-order valence-electron chi connectivity index (χ3n) is 3.96. The topological polar surface area (TPSA) is 55.8 Å². The van der Waals surface area contributed by atoms with Crippen LogP contribution in [-0.2, 0) is 24.1 Å². The van der Waals surface area contributed by atoms with Crippen molar-refractivity contribution in [1.82, 2.24) is 0 Å². The number of hydrogen-bond donors (Lipinski definition) is 1. The van der Waals surface area contributed by atoms with Gasteiger partial charge in [0.15, 0.2) is 0 Å². The Kier molecular flexibility index (Phi) is 2.69. The summed E-state index contributed by atoms with van der Waals surface area (Å²) in [5.41, 5.74) is 2.53. The van der Waals surface area contributed by atoms with Crippen molar-refractivity contribution in [2.45, 2.75) is 33.1 Å². The second-order valence-corrected chi connectivity index (χ2v) is 5.88. The average Bonchev–Trinajstić information content (AvgIpc) is 2.95. The Labute approximate surface area is 112 Å². The summed E-state index contributed by atoms with van der Waals surface area (Å²) in [5, 5.41) is 9.33. The maximum absolute atomic E-state index is 11.4. The number of carboxylic acids is 1. The Balaban J connectivity index is 2.08. The van der Waals surface area contributed by atoms with E-state index in [1.54, 1.807) is 13.8 Å². The summed E-state index contributed by atoms with van der Waals surface area (Å²) in [7, 11) is 0. The maximum Gasteiger partial charge on any atom is 0.309 e. The van der Waals surface area contributed by atoms with Crippen LogP contribution in [0.2, 0.25) is 0 Å². The molecule has 0 saturated heterocycles. The van der Waals surface area contributed by atoms with Crippen molar-refractivity contribution in [3.8, 4) is 11.5 Å². The zero-order valence-electron chi connectivity index (χ0n) is 11.3. The quantitative estimate of drug-likeness (QED) is 0.907. The number of hydrogen-bond acceptors (Lipinski definition) is 3. The van der Waals surface area contributed by atoms with E-state index in [0.29, 0.717) is 19.6 Å². The Morgan fingerprint density at radius 3 is 2.79 bits per heavy atom. The fraction of sp³-hybridized carbons (Fsp3) is 0.533. The van der Waals surface area contributed by atoms with Crippen LogP contribution in [0.25, 0.3) is 0 Å². The number of benzene rings is 1. The van der Waals surface area contributed by atoms with E-state index >= 15 is 0 Å². The van der Waals surface area contributed by atoms with E-state index in [9.17, 15) is 9.90 Å². The lowest BCUT2D eigenvalue weighted by atomic mass is 9.82. The lowest BCUT2D eigenvalue weighted by Gasteiger charge is -2.22. The molecule has 0 amide bonds. The third-order valence-corrected chi connectivity index (χ3v) is 3.96. The van der Waals surface area contributed by atoms with Crippen LogP contribution in [-0.4, -0.2) is 24.3 Å². The Morgan fingerprint density at radius 2 is 2.05 bits per heavy atom. The maximum atomic E-state index is 11.4. The van der Waals surface area contributed by atoms with Crippen LogP contribution in [0.3, 0.4) is 0 Å². The predicted molar refractivity (Wildman–Crippen MR) is 70.0 cm³/mol. The molecule has 0 saturated carbocycles. The van der Waals surface area contributed by atoms with Crippen molar-refractivity contribution < 1.29 is 19.4 Å². The summed E-state index contributed by atoms with van der Waals surface area (Å²) in [6.07, 6.45) is 2.21. The summed E-state index contributed by atoms with van der Waals surface area (Å²) in [5.74, 6) is 1.04. The highest BCUT2D eigenvalue weighted by atomic mass is 16.5. The Bertz CT molecular complexity index is 513. The lowest BCUT2D eigenvalue weighted by molar-refractivity contribution is -0.146. The van der Waals surface area contributed by atoms with Gasteiger partial charge >= 0.3 is 5.97 Å². The normalized spacial score (nSPS) is 16.5. The number of carboxylic acid groups (broad SMARTS) is 1. The van der Waals surface area contributed by atoms with Gasteiger partial charge in [0.05, 0.1) is 18.6 Å². The summed E-state index contributed by atoms with van der Waals surface area (Å²) < 4.78 is 11.4. The van der Waals surface area contributed by atoms with Gasteiger partial charge in [-0.05, 0) is 26.3 Å². The second kappa shape index (κ2) is 4.15. The van der Waals surface area contributed by atoms with Crippen LogP contribution in [0, 0.1) is 5.41 Å². The van der Waals surface area contributed by atoms with Crippen LogP contribution in [0.4, 0.5) is 0 Å². The molecule has 2 aliphatic heterocycles. The van der Waals surface area contributed by atoms with E-state index < -0.39 is 11.4 Å². The number of rotatable bonds is 3. The van der Waals surface area contributed by atoms with Crippen molar-refractivity contribution in [3.63, 3.8) is 0 Å². The lowest BCUT2D eigenvalue weighted by Crippen LogP contribution is -2.26. The second-order valence-electron chi connectivity index (χ2n) is 5.88. The van der Waals surface area contributed by atoms with Gasteiger partial charge in [-0.3, -0.25) is 4.79 Å². The smallest absolute Gasteiger partial charge is 0.309 e. The standard InChI is InChI=1S/C15H18O4/c1-15(2,14(16)17)8-11-10-4-6-18-12(10)7-9-3-5-19-13(9)11/h7H,3-6,8H2,1-2H3,(H,16,17). The van der Waals surface area contributed by atoms with E-state index in [2.05, 4.69) is 6.07 Å². The third kappa shape index (κ3) is 1.95. The van der Waals surface area contributed by atoms with Gasteiger partial charge in [-0.1, -0.05) is 0 Å². The largest absolute Gasteiger partial charge is 0.493 e. The van der Waals surface area contributed by atoms with E-state index in [-0.39, 0.29) is 0 Å². The molecule has 0 spiro atoms. The summed E-state index contributed by atoms with van der Waals surface area (Å²) in [6, 6.07) is 2.06. The Hall–Kier alpha value is -1.71. The van der Waals surface area contributed by atoms with Gasteiger partial charge in [-0.25, -0.2) is 0 Å². The van der Waals surface area contributed by atoms with Crippen molar-refractivity contribution in [3.05, 3.63) is 22.8 Å². The van der Waals surface area contributed by atoms with Crippen molar-refractivity contribution >= 4 is 5.97 Å². The first-order chi connectivity index (χ1) is 8.99. The van der Waals surface area contributed by atoms with Gasteiger partial charge in [0, 0.05) is 29.5 Å². The number of fused-ring (bicyclic) bond motifs is 2.